The van der Waals surface area contributed by atoms with E-state index in [9.17, 15) is 8.42 Å². The molecular formula is C18H29NO4S. The maximum Gasteiger partial charge on any atom is 0.211 e. The molecule has 1 aromatic rings. The highest BCUT2D eigenvalue weighted by Crippen LogP contribution is 2.40. The zero-order valence-electron chi connectivity index (χ0n) is 14.9. The summed E-state index contributed by atoms with van der Waals surface area (Å²) in [5.74, 6) is 0.997. The van der Waals surface area contributed by atoms with Crippen LogP contribution in [-0.4, -0.2) is 41.0 Å². The van der Waals surface area contributed by atoms with E-state index in [1.807, 2.05) is 26.0 Å². The Bertz CT molecular complexity index is 636. The summed E-state index contributed by atoms with van der Waals surface area (Å²) in [4.78, 5) is 0. The number of ether oxygens (including phenoxy) is 2. The van der Waals surface area contributed by atoms with Gasteiger partial charge in [0.2, 0.25) is 10.0 Å². The summed E-state index contributed by atoms with van der Waals surface area (Å²) in [6.45, 7) is 5.69. The van der Waals surface area contributed by atoms with Gasteiger partial charge in [0.15, 0.2) is 0 Å². The normalized spacial score (nSPS) is 17.6. The molecule has 0 radical (unpaired) electrons. The Labute approximate surface area is 145 Å². The lowest BCUT2D eigenvalue weighted by atomic mass is 9.73. The fraction of sp³-hybridized carbons (Fsp3) is 0.667. The van der Waals surface area contributed by atoms with Gasteiger partial charge in [-0.3, -0.25) is 0 Å². The molecule has 0 aliphatic carbocycles. The largest absolute Gasteiger partial charge is 0.496 e. The van der Waals surface area contributed by atoms with Crippen LogP contribution in [0, 0.1) is 6.92 Å². The molecule has 0 unspecified atom stereocenters. The van der Waals surface area contributed by atoms with Crippen LogP contribution in [0.25, 0.3) is 0 Å². The van der Waals surface area contributed by atoms with E-state index in [-0.39, 0.29) is 11.2 Å². The Morgan fingerprint density at radius 3 is 2.62 bits per heavy atom. The number of hydrogen-bond acceptors (Lipinski definition) is 4. The van der Waals surface area contributed by atoms with Gasteiger partial charge in [-0.05, 0) is 32.3 Å². The second-order valence-corrected chi connectivity index (χ2v) is 8.52. The summed E-state index contributed by atoms with van der Waals surface area (Å²) in [5.41, 5.74) is 1.94. The lowest BCUT2D eigenvalue weighted by molar-refractivity contribution is 0.0508. The topological polar surface area (TPSA) is 64.6 Å². The van der Waals surface area contributed by atoms with Crippen molar-refractivity contribution in [3.05, 3.63) is 29.3 Å². The molecule has 1 fully saturated rings. The molecule has 1 aliphatic rings. The number of rotatable bonds is 8. The van der Waals surface area contributed by atoms with Crippen LogP contribution in [-0.2, 0) is 20.2 Å². The number of nitrogens with one attached hydrogen (secondary N) is 1. The van der Waals surface area contributed by atoms with E-state index >= 15 is 0 Å². The Kier molecular flexibility index (Phi) is 6.66. The van der Waals surface area contributed by atoms with Crippen LogP contribution < -0.4 is 9.46 Å². The highest BCUT2D eigenvalue weighted by molar-refractivity contribution is 7.89. The van der Waals surface area contributed by atoms with Crippen molar-refractivity contribution >= 4 is 10.0 Å². The van der Waals surface area contributed by atoms with Gasteiger partial charge in [0.05, 0.1) is 12.9 Å². The first kappa shape index (κ1) is 19.2. The van der Waals surface area contributed by atoms with Crippen molar-refractivity contribution in [1.82, 2.24) is 4.72 Å². The molecule has 0 amide bonds. The van der Waals surface area contributed by atoms with E-state index in [2.05, 4.69) is 10.8 Å². The molecule has 1 heterocycles. The molecule has 136 valence electrons. The SMILES string of the molecule is CCCCS(=O)(=O)NCC1(c2cc(C)ccc2OC)CCOCC1. The van der Waals surface area contributed by atoms with Crippen molar-refractivity contribution < 1.29 is 17.9 Å². The fourth-order valence-corrected chi connectivity index (χ4v) is 4.50. The van der Waals surface area contributed by atoms with Crippen molar-refractivity contribution in [2.45, 2.75) is 44.9 Å². The van der Waals surface area contributed by atoms with Crippen LogP contribution in [0.4, 0.5) is 0 Å². The lowest BCUT2D eigenvalue weighted by Crippen LogP contribution is -2.45. The van der Waals surface area contributed by atoms with Gasteiger partial charge in [-0.15, -0.1) is 0 Å². The second-order valence-electron chi connectivity index (χ2n) is 6.59. The van der Waals surface area contributed by atoms with Crippen LogP contribution in [0.1, 0.15) is 43.7 Å². The van der Waals surface area contributed by atoms with Crippen molar-refractivity contribution in [3.63, 3.8) is 0 Å². The molecule has 1 aliphatic heterocycles. The highest BCUT2D eigenvalue weighted by atomic mass is 32.2. The van der Waals surface area contributed by atoms with Gasteiger partial charge in [0, 0.05) is 30.7 Å². The van der Waals surface area contributed by atoms with E-state index in [0.717, 1.165) is 36.1 Å². The summed E-state index contributed by atoms with van der Waals surface area (Å²) in [6.07, 6.45) is 3.11. The maximum atomic E-state index is 12.3. The minimum absolute atomic E-state index is 0.182. The van der Waals surface area contributed by atoms with Gasteiger partial charge >= 0.3 is 0 Å². The average molecular weight is 356 g/mol. The van der Waals surface area contributed by atoms with Crippen LogP contribution in [0.5, 0.6) is 5.75 Å². The Hall–Kier alpha value is -1.11. The molecule has 0 spiro atoms. The molecule has 0 aromatic heterocycles. The minimum atomic E-state index is -3.25. The number of methoxy groups -OCH3 is 1. The quantitative estimate of drug-likeness (QED) is 0.779. The summed E-state index contributed by atoms with van der Waals surface area (Å²) >= 11 is 0. The van der Waals surface area contributed by atoms with E-state index in [4.69, 9.17) is 9.47 Å². The molecular weight excluding hydrogens is 326 g/mol. The van der Waals surface area contributed by atoms with Gasteiger partial charge in [0.1, 0.15) is 5.75 Å². The summed E-state index contributed by atoms with van der Waals surface area (Å²) in [6, 6.07) is 6.10. The molecule has 0 saturated carbocycles. The fourth-order valence-electron chi connectivity index (χ4n) is 3.19. The Morgan fingerprint density at radius 1 is 1.29 bits per heavy atom. The molecule has 0 atom stereocenters. The molecule has 5 nitrogen and oxygen atoms in total. The zero-order valence-corrected chi connectivity index (χ0v) is 15.7. The first-order chi connectivity index (χ1) is 11.4. The molecule has 1 N–H and O–H groups in total. The van der Waals surface area contributed by atoms with Crippen LogP contribution in [0.2, 0.25) is 0 Å². The van der Waals surface area contributed by atoms with E-state index in [0.29, 0.717) is 26.2 Å². The van der Waals surface area contributed by atoms with Crippen molar-refractivity contribution in [1.29, 1.82) is 0 Å². The molecule has 24 heavy (non-hydrogen) atoms. The zero-order chi connectivity index (χ0) is 17.6. The van der Waals surface area contributed by atoms with Gasteiger partial charge in [-0.25, -0.2) is 13.1 Å². The lowest BCUT2D eigenvalue weighted by Gasteiger charge is -2.38. The Morgan fingerprint density at radius 2 is 2.00 bits per heavy atom. The third-order valence-electron chi connectivity index (χ3n) is 4.77. The molecule has 2 rings (SSSR count). The summed E-state index contributed by atoms with van der Waals surface area (Å²) in [5, 5.41) is 0. The standard InChI is InChI=1S/C18H29NO4S/c1-4-5-12-24(20,21)19-14-18(8-10-23-11-9-18)16-13-15(2)6-7-17(16)22-3/h6-7,13,19H,4-5,8-12,14H2,1-3H3. The van der Waals surface area contributed by atoms with Gasteiger partial charge in [0.25, 0.3) is 0 Å². The number of hydrogen-bond donors (Lipinski definition) is 1. The van der Waals surface area contributed by atoms with Gasteiger partial charge in [-0.2, -0.15) is 0 Å². The number of benzene rings is 1. The summed E-state index contributed by atoms with van der Waals surface area (Å²) in [7, 11) is -1.59. The van der Waals surface area contributed by atoms with Crippen LogP contribution >= 0.6 is 0 Å². The monoisotopic (exact) mass is 355 g/mol. The third-order valence-corrected chi connectivity index (χ3v) is 6.18. The highest BCUT2D eigenvalue weighted by Gasteiger charge is 2.37. The molecule has 1 aromatic carbocycles. The van der Waals surface area contributed by atoms with Crippen LogP contribution in [0.3, 0.4) is 0 Å². The number of aryl methyl sites for hydroxylation is 1. The predicted octanol–water partition coefficient (Wildman–Crippen LogP) is 2.77. The van der Waals surface area contributed by atoms with Gasteiger partial charge in [-0.1, -0.05) is 31.0 Å². The average Bonchev–Trinajstić information content (AvgIpc) is 2.59. The van der Waals surface area contributed by atoms with E-state index in [1.54, 1.807) is 7.11 Å². The third kappa shape index (κ3) is 4.71. The van der Waals surface area contributed by atoms with E-state index < -0.39 is 10.0 Å². The van der Waals surface area contributed by atoms with Crippen molar-refractivity contribution in [3.8, 4) is 5.75 Å². The maximum absolute atomic E-state index is 12.3. The number of sulfonamides is 1. The second kappa shape index (κ2) is 8.32. The number of unbranched alkanes of at least 4 members (excludes halogenated alkanes) is 1. The first-order valence-corrected chi connectivity index (χ1v) is 10.3. The molecule has 1 saturated heterocycles. The predicted molar refractivity (Wildman–Crippen MR) is 96.2 cm³/mol. The molecule has 6 heteroatoms. The van der Waals surface area contributed by atoms with E-state index in [1.165, 1.54) is 0 Å². The van der Waals surface area contributed by atoms with Gasteiger partial charge < -0.3 is 9.47 Å². The first-order valence-electron chi connectivity index (χ1n) is 8.63. The smallest absolute Gasteiger partial charge is 0.211 e. The summed E-state index contributed by atoms with van der Waals surface area (Å²) < 4.78 is 38.4. The van der Waals surface area contributed by atoms with Crippen LogP contribution in [0.15, 0.2) is 18.2 Å². The van der Waals surface area contributed by atoms with Crippen molar-refractivity contribution in [2.75, 3.05) is 32.6 Å². The minimum Gasteiger partial charge on any atom is -0.496 e. The van der Waals surface area contributed by atoms with Crippen molar-refractivity contribution in [2.24, 2.45) is 0 Å². The Balaban J connectivity index is 2.29. The molecule has 0 bridgehead atoms.